The van der Waals surface area contributed by atoms with Crippen LogP contribution in [0.3, 0.4) is 0 Å². The van der Waals surface area contributed by atoms with Gasteiger partial charge in [0, 0.05) is 31.0 Å². The summed E-state index contributed by atoms with van der Waals surface area (Å²) in [5, 5.41) is 9.75. The number of nitrogens with zero attached hydrogens (tertiary/aromatic N) is 3. The average molecular weight is 576 g/mol. The average Bonchev–Trinajstić information content (AvgIpc) is 3.46. The zero-order chi connectivity index (χ0) is 29.6. The summed E-state index contributed by atoms with van der Waals surface area (Å²) >= 11 is 0. The maximum absolute atomic E-state index is 15.1. The second kappa shape index (κ2) is 10.8. The van der Waals surface area contributed by atoms with Crippen LogP contribution in [0.4, 0.5) is 13.6 Å². The van der Waals surface area contributed by atoms with Gasteiger partial charge >= 0.3 is 6.09 Å². The van der Waals surface area contributed by atoms with Crippen LogP contribution >= 0.6 is 0 Å². The lowest BCUT2D eigenvalue weighted by atomic mass is 9.88. The molecule has 9 nitrogen and oxygen atoms in total. The van der Waals surface area contributed by atoms with Crippen molar-refractivity contribution >= 4 is 21.7 Å². The second-order valence-electron chi connectivity index (χ2n) is 11.5. The number of halogens is 2. The third-order valence-corrected chi connectivity index (χ3v) is 8.41. The molecule has 2 bridgehead atoms. The molecule has 0 radical (unpaired) electrons. The number of carbonyl (C=O) groups excluding carboxylic acids is 2. The van der Waals surface area contributed by atoms with Crippen molar-refractivity contribution in [2.24, 2.45) is 11.8 Å². The molecule has 1 aromatic carbocycles. The predicted octanol–water partition coefficient (Wildman–Crippen LogP) is 3.95. The maximum Gasteiger partial charge on any atom is 0.411 e. The summed E-state index contributed by atoms with van der Waals surface area (Å²) in [5.41, 5.74) is -1.51. The number of hydrogen-bond donors (Lipinski definition) is 0. The van der Waals surface area contributed by atoms with Crippen LogP contribution in [0.25, 0.3) is 5.69 Å². The van der Waals surface area contributed by atoms with Gasteiger partial charge in [0.25, 0.3) is 5.56 Å². The van der Waals surface area contributed by atoms with Gasteiger partial charge in [-0.3, -0.25) is 19.1 Å². The van der Waals surface area contributed by atoms with Gasteiger partial charge in [-0.15, -0.1) is 0 Å². The minimum Gasteiger partial charge on any atom is -0.444 e. The van der Waals surface area contributed by atoms with E-state index < -0.39 is 55.6 Å². The maximum atomic E-state index is 15.1. The monoisotopic (exact) mass is 575 g/mol. The molecule has 2 heterocycles. The molecule has 1 aliphatic heterocycles. The SMILES string of the molecule is CC(C)(C)OC(=O)N1[C@@H]2CC[C@@H](C2)[C@H]1C(=O)C[C@H](C#N)Cc1ccc(-n2cc(F)c(S(C)(=O)=O)cc2=O)cc1F. The van der Waals surface area contributed by atoms with Crippen LogP contribution < -0.4 is 5.56 Å². The summed E-state index contributed by atoms with van der Waals surface area (Å²) in [6, 6.07) is 5.57. The van der Waals surface area contributed by atoms with E-state index >= 15 is 4.39 Å². The zero-order valence-corrected chi connectivity index (χ0v) is 23.5. The molecule has 2 aromatic rings. The van der Waals surface area contributed by atoms with E-state index in [1.54, 1.807) is 20.8 Å². The van der Waals surface area contributed by atoms with E-state index in [1.807, 2.05) is 0 Å². The first kappa shape index (κ1) is 29.4. The van der Waals surface area contributed by atoms with Crippen LogP contribution in [-0.4, -0.2) is 53.7 Å². The molecule has 2 aliphatic rings. The Balaban J connectivity index is 1.50. The molecular weight excluding hydrogens is 544 g/mol. The van der Waals surface area contributed by atoms with Crippen molar-refractivity contribution < 1.29 is 31.5 Å². The highest BCUT2D eigenvalue weighted by Crippen LogP contribution is 2.44. The zero-order valence-electron chi connectivity index (χ0n) is 22.7. The summed E-state index contributed by atoms with van der Waals surface area (Å²) in [6.07, 6.45) is 2.91. The second-order valence-corrected chi connectivity index (χ2v) is 13.5. The molecule has 0 unspecified atom stereocenters. The van der Waals surface area contributed by atoms with Gasteiger partial charge in [0.15, 0.2) is 21.4 Å². The molecule has 40 heavy (non-hydrogen) atoms. The summed E-state index contributed by atoms with van der Waals surface area (Å²) in [4.78, 5) is 39.4. The van der Waals surface area contributed by atoms with Gasteiger partial charge in [0.05, 0.1) is 23.7 Å². The topological polar surface area (TPSA) is 127 Å². The molecule has 4 rings (SSSR count). The van der Waals surface area contributed by atoms with Gasteiger partial charge in [-0.25, -0.2) is 22.0 Å². The van der Waals surface area contributed by atoms with E-state index in [0.717, 1.165) is 29.7 Å². The molecule has 1 amide bonds. The highest BCUT2D eigenvalue weighted by molar-refractivity contribution is 7.90. The number of ether oxygens (including phenoxy) is 1. The van der Waals surface area contributed by atoms with Gasteiger partial charge in [-0.05, 0) is 70.1 Å². The predicted molar refractivity (Wildman–Crippen MR) is 140 cm³/mol. The molecule has 0 spiro atoms. The van der Waals surface area contributed by atoms with E-state index in [9.17, 15) is 32.5 Å². The number of ketones is 1. The molecule has 12 heteroatoms. The lowest BCUT2D eigenvalue weighted by Gasteiger charge is -2.35. The third-order valence-electron chi connectivity index (χ3n) is 7.30. The molecule has 1 saturated carbocycles. The lowest BCUT2D eigenvalue weighted by molar-refractivity contribution is -0.126. The van der Waals surface area contributed by atoms with Crippen LogP contribution in [-0.2, 0) is 25.8 Å². The highest BCUT2D eigenvalue weighted by atomic mass is 32.2. The number of nitriles is 1. The van der Waals surface area contributed by atoms with Crippen LogP contribution in [0.5, 0.6) is 0 Å². The highest BCUT2D eigenvalue weighted by Gasteiger charge is 2.52. The fourth-order valence-corrected chi connectivity index (χ4v) is 6.32. The lowest BCUT2D eigenvalue weighted by Crippen LogP contribution is -2.51. The Bertz CT molecular complexity index is 1560. The van der Waals surface area contributed by atoms with Gasteiger partial charge in [-0.2, -0.15) is 5.26 Å². The first-order valence-electron chi connectivity index (χ1n) is 12.9. The first-order chi connectivity index (χ1) is 18.6. The van der Waals surface area contributed by atoms with E-state index in [0.29, 0.717) is 18.7 Å². The van der Waals surface area contributed by atoms with Crippen molar-refractivity contribution in [1.82, 2.24) is 9.47 Å². The Kier molecular flexibility index (Phi) is 7.91. The number of benzene rings is 1. The normalized spacial score (nSPS) is 21.2. The number of Topliss-reactive ketones (excluding diaryl/α,β-unsaturated/α-hetero) is 1. The fourth-order valence-electron chi connectivity index (χ4n) is 5.60. The van der Waals surface area contributed by atoms with Crippen LogP contribution in [0.2, 0.25) is 0 Å². The molecule has 1 aromatic heterocycles. The number of sulfone groups is 1. The Labute approximate surface area is 231 Å². The van der Waals surface area contributed by atoms with Crippen molar-refractivity contribution in [2.45, 2.75) is 75.5 Å². The van der Waals surface area contributed by atoms with E-state index in [-0.39, 0.29) is 41.8 Å². The Morgan fingerprint density at radius 3 is 2.48 bits per heavy atom. The number of rotatable bonds is 7. The third kappa shape index (κ3) is 6.09. The summed E-state index contributed by atoms with van der Waals surface area (Å²) in [6.45, 7) is 5.25. The van der Waals surface area contributed by atoms with E-state index in [2.05, 4.69) is 6.07 Å². The quantitative estimate of drug-likeness (QED) is 0.489. The standard InChI is InChI=1S/C28H31F2N3O6S/c1-28(2,3)39-27(36)33-20-8-6-18(11-20)26(33)23(34)10-16(14-31)9-17-5-7-19(12-21(17)29)32-15-22(30)24(13-25(32)35)40(4,37)38/h5,7,12-13,15-16,18,20,26H,6,8-11H2,1-4H3/t16-,18+,20-,26+/m1/s1. The molecule has 1 saturated heterocycles. The van der Waals surface area contributed by atoms with Gasteiger partial charge < -0.3 is 4.74 Å². The number of fused-ring (bicyclic) bond motifs is 2. The molecule has 1 aliphatic carbocycles. The molecule has 214 valence electrons. The smallest absolute Gasteiger partial charge is 0.411 e. The number of amides is 1. The van der Waals surface area contributed by atoms with Gasteiger partial charge in [0.1, 0.15) is 16.3 Å². The van der Waals surface area contributed by atoms with E-state index in [4.69, 9.17) is 4.74 Å². The first-order valence-corrected chi connectivity index (χ1v) is 14.8. The number of pyridine rings is 1. The van der Waals surface area contributed by atoms with Crippen molar-refractivity contribution in [3.8, 4) is 11.8 Å². The molecule has 2 fully saturated rings. The molecule has 0 N–H and O–H groups in total. The number of carbonyl (C=O) groups is 2. The van der Waals surface area contributed by atoms with Crippen LogP contribution in [0.15, 0.2) is 40.2 Å². The molecular formula is C28H31F2N3O6S. The van der Waals surface area contributed by atoms with Gasteiger partial charge in [-0.1, -0.05) is 6.07 Å². The molecule has 4 atom stereocenters. The van der Waals surface area contributed by atoms with Crippen molar-refractivity contribution in [3.63, 3.8) is 0 Å². The Morgan fingerprint density at radius 2 is 1.88 bits per heavy atom. The summed E-state index contributed by atoms with van der Waals surface area (Å²) in [7, 11) is -3.97. The number of hydrogen-bond acceptors (Lipinski definition) is 7. The summed E-state index contributed by atoms with van der Waals surface area (Å²) < 4.78 is 59.0. The number of likely N-dealkylation sites (tertiary alicyclic amines) is 1. The largest absolute Gasteiger partial charge is 0.444 e. The van der Waals surface area contributed by atoms with Crippen LogP contribution in [0.1, 0.15) is 52.0 Å². The Hall–Kier alpha value is -3.59. The number of piperidine rings is 1. The minimum atomic E-state index is -3.97. The minimum absolute atomic E-state index is 0.00632. The fraction of sp³-hybridized carbons (Fsp3) is 0.500. The number of aromatic nitrogens is 1. The van der Waals surface area contributed by atoms with Crippen LogP contribution in [0, 0.1) is 34.8 Å². The summed E-state index contributed by atoms with van der Waals surface area (Å²) in [5.74, 6) is -3.08. The van der Waals surface area contributed by atoms with Crippen molar-refractivity contribution in [1.29, 1.82) is 5.26 Å². The van der Waals surface area contributed by atoms with E-state index in [1.165, 1.54) is 17.0 Å². The van der Waals surface area contributed by atoms with Crippen molar-refractivity contribution in [3.05, 3.63) is 58.0 Å². The van der Waals surface area contributed by atoms with Crippen molar-refractivity contribution in [2.75, 3.05) is 6.26 Å². The Morgan fingerprint density at radius 1 is 1.18 bits per heavy atom. The van der Waals surface area contributed by atoms with Gasteiger partial charge in [0.2, 0.25) is 0 Å².